The Morgan fingerprint density at radius 3 is 2.15 bits per heavy atom. The largest absolute Gasteiger partial charge is 0.502 e. The summed E-state index contributed by atoms with van der Waals surface area (Å²) in [4.78, 5) is 26.5. The second-order valence-electron chi connectivity index (χ2n) is 6.21. The summed E-state index contributed by atoms with van der Waals surface area (Å²) < 4.78 is 11.0. The van der Waals surface area contributed by atoms with Gasteiger partial charge < -0.3 is 14.6 Å². The third-order valence-corrected chi connectivity index (χ3v) is 4.76. The second-order valence-corrected chi connectivity index (χ2v) is 6.21. The van der Waals surface area contributed by atoms with Crippen molar-refractivity contribution in [3.05, 3.63) is 83.3 Å². The number of hydrogen-bond acceptors (Lipinski definition) is 5. The fourth-order valence-corrected chi connectivity index (χ4v) is 3.69. The zero-order valence-corrected chi connectivity index (χ0v) is 15.3. The highest BCUT2D eigenvalue weighted by Crippen LogP contribution is 2.52. The first-order valence-corrected chi connectivity index (χ1v) is 8.97. The molecule has 0 spiro atoms. The molecule has 0 saturated carbocycles. The van der Waals surface area contributed by atoms with Crippen molar-refractivity contribution < 1.29 is 24.2 Å². The van der Waals surface area contributed by atoms with E-state index in [9.17, 15) is 14.7 Å². The monoisotopic (exact) mass is 366 g/mol. The summed E-state index contributed by atoms with van der Waals surface area (Å²) in [7, 11) is 0. The van der Waals surface area contributed by atoms with Crippen molar-refractivity contribution in [1.29, 1.82) is 0 Å². The second kappa shape index (κ2) is 7.66. The van der Waals surface area contributed by atoms with Crippen molar-refractivity contribution in [2.24, 2.45) is 0 Å². The van der Waals surface area contributed by atoms with Gasteiger partial charge in [-0.15, -0.1) is 0 Å². The quantitative estimate of drug-likeness (QED) is 0.624. The molecule has 140 valence electrons. The molecule has 0 radical (unpaired) electrons. The molecule has 5 nitrogen and oxygen atoms in total. The van der Waals surface area contributed by atoms with Crippen LogP contribution in [0.3, 0.4) is 0 Å². The topological polar surface area (TPSA) is 72.8 Å². The van der Waals surface area contributed by atoms with Crippen LogP contribution in [0.15, 0.2) is 72.2 Å². The fourth-order valence-electron chi connectivity index (χ4n) is 3.69. The third kappa shape index (κ3) is 2.89. The van der Waals surface area contributed by atoms with Gasteiger partial charge in [-0.1, -0.05) is 60.7 Å². The molecule has 0 bridgehead atoms. The van der Waals surface area contributed by atoms with Crippen LogP contribution in [-0.2, 0) is 24.5 Å². The number of ether oxygens (including phenoxy) is 2. The van der Waals surface area contributed by atoms with Crippen LogP contribution in [0.2, 0.25) is 0 Å². The number of hydrogen-bond donors (Lipinski definition) is 1. The van der Waals surface area contributed by atoms with Crippen LogP contribution < -0.4 is 0 Å². The van der Waals surface area contributed by atoms with Crippen LogP contribution in [0.5, 0.6) is 0 Å². The summed E-state index contributed by atoms with van der Waals surface area (Å²) in [5.74, 6) is -2.64. The molecular formula is C22H22O5. The van der Waals surface area contributed by atoms with Crippen molar-refractivity contribution >= 4 is 11.8 Å². The van der Waals surface area contributed by atoms with Crippen LogP contribution in [0.4, 0.5) is 0 Å². The highest BCUT2D eigenvalue weighted by Gasteiger charge is 2.63. The molecule has 5 heteroatoms. The van der Waals surface area contributed by atoms with E-state index >= 15 is 0 Å². The molecule has 2 aromatic rings. The zero-order valence-electron chi connectivity index (χ0n) is 15.3. The van der Waals surface area contributed by atoms with Gasteiger partial charge in [0.15, 0.2) is 16.9 Å². The molecule has 1 aliphatic rings. The van der Waals surface area contributed by atoms with Gasteiger partial charge >= 0.3 is 5.97 Å². The highest BCUT2D eigenvalue weighted by atomic mass is 16.5. The van der Waals surface area contributed by atoms with Crippen molar-refractivity contribution in [1.82, 2.24) is 0 Å². The Balaban J connectivity index is 2.32. The maximum atomic E-state index is 13.3. The Bertz CT molecular complexity index is 857. The van der Waals surface area contributed by atoms with Gasteiger partial charge in [-0.25, -0.2) is 0 Å². The molecule has 1 N–H and O–H groups in total. The third-order valence-electron chi connectivity index (χ3n) is 4.76. The molecule has 1 aliphatic carbocycles. The Morgan fingerprint density at radius 1 is 1.00 bits per heavy atom. The van der Waals surface area contributed by atoms with Gasteiger partial charge in [-0.05, 0) is 25.0 Å². The Morgan fingerprint density at radius 2 is 1.59 bits per heavy atom. The zero-order chi connectivity index (χ0) is 19.4. The van der Waals surface area contributed by atoms with E-state index in [0.29, 0.717) is 11.1 Å². The molecule has 0 saturated heterocycles. The van der Waals surface area contributed by atoms with E-state index in [-0.39, 0.29) is 19.0 Å². The molecule has 27 heavy (non-hydrogen) atoms. The summed E-state index contributed by atoms with van der Waals surface area (Å²) in [5, 5.41) is 10.6. The predicted octanol–water partition coefficient (Wildman–Crippen LogP) is 3.66. The molecule has 2 atom stereocenters. The lowest BCUT2D eigenvalue weighted by atomic mass is 9.68. The Labute approximate surface area is 158 Å². The average Bonchev–Trinajstić information content (AvgIpc) is 2.92. The van der Waals surface area contributed by atoms with Gasteiger partial charge in [0.05, 0.1) is 19.1 Å². The van der Waals surface area contributed by atoms with Crippen LogP contribution in [0, 0.1) is 0 Å². The minimum absolute atomic E-state index is 0.102. The summed E-state index contributed by atoms with van der Waals surface area (Å²) >= 11 is 0. The number of ketones is 1. The number of aliphatic hydroxyl groups is 1. The maximum absolute atomic E-state index is 13.3. The van der Waals surface area contributed by atoms with Gasteiger partial charge in [0.25, 0.3) is 0 Å². The van der Waals surface area contributed by atoms with E-state index in [1.165, 1.54) is 0 Å². The Hall–Kier alpha value is -3.08. The molecule has 0 unspecified atom stereocenters. The first-order valence-electron chi connectivity index (χ1n) is 8.97. The average molecular weight is 366 g/mol. The van der Waals surface area contributed by atoms with Crippen molar-refractivity contribution in [2.75, 3.05) is 13.2 Å². The van der Waals surface area contributed by atoms with Crippen LogP contribution >= 0.6 is 0 Å². The van der Waals surface area contributed by atoms with Gasteiger partial charge in [0.2, 0.25) is 5.78 Å². The number of allylic oxidation sites excluding steroid dienone is 2. The molecule has 3 rings (SSSR count). The van der Waals surface area contributed by atoms with E-state index in [4.69, 9.17) is 9.47 Å². The van der Waals surface area contributed by atoms with Crippen LogP contribution in [0.25, 0.3) is 0 Å². The van der Waals surface area contributed by atoms with E-state index in [1.54, 1.807) is 44.2 Å². The van der Waals surface area contributed by atoms with Crippen LogP contribution in [0.1, 0.15) is 30.9 Å². The standard InChI is InChI=1S/C22H22O5/c1-3-26-19-17(15-11-7-5-8-12-15)22(20(24)18(19)23,21(25)27-4-2)16-13-9-6-10-14-16/h5-14,17,23H,3-4H2,1-2H3/t17-,22-/m0/s1. The molecule has 0 fully saturated rings. The highest BCUT2D eigenvalue weighted by molar-refractivity contribution is 6.20. The van der Waals surface area contributed by atoms with Crippen molar-refractivity contribution in [3.8, 4) is 0 Å². The predicted molar refractivity (Wildman–Crippen MR) is 100 cm³/mol. The normalized spacial score (nSPS) is 22.0. The first kappa shape index (κ1) is 18.7. The van der Waals surface area contributed by atoms with E-state index in [2.05, 4.69) is 0 Å². The summed E-state index contributed by atoms with van der Waals surface area (Å²) in [6, 6.07) is 17.8. The molecule has 2 aromatic carbocycles. The fraction of sp³-hybridized carbons (Fsp3) is 0.273. The summed E-state index contributed by atoms with van der Waals surface area (Å²) in [6.45, 7) is 3.82. The molecule has 0 amide bonds. The number of carbonyl (C=O) groups is 2. The lowest BCUT2D eigenvalue weighted by Crippen LogP contribution is -2.47. The lowest BCUT2D eigenvalue weighted by Gasteiger charge is -2.33. The van der Waals surface area contributed by atoms with Crippen molar-refractivity contribution in [2.45, 2.75) is 25.2 Å². The van der Waals surface area contributed by atoms with E-state index in [0.717, 1.165) is 0 Å². The summed E-state index contributed by atoms with van der Waals surface area (Å²) in [5.41, 5.74) is -0.577. The minimum Gasteiger partial charge on any atom is -0.502 e. The smallest absolute Gasteiger partial charge is 0.325 e. The lowest BCUT2D eigenvalue weighted by molar-refractivity contribution is -0.154. The molecule has 0 heterocycles. The maximum Gasteiger partial charge on any atom is 0.325 e. The molecular weight excluding hydrogens is 344 g/mol. The first-order chi connectivity index (χ1) is 13.1. The van der Waals surface area contributed by atoms with E-state index < -0.39 is 28.8 Å². The Kier molecular flexibility index (Phi) is 5.31. The number of Topliss-reactive ketones (excluding diaryl/α,β-unsaturated/α-hetero) is 1. The van der Waals surface area contributed by atoms with Gasteiger partial charge in [-0.2, -0.15) is 0 Å². The van der Waals surface area contributed by atoms with Gasteiger partial charge in [0, 0.05) is 0 Å². The number of benzene rings is 2. The number of rotatable bonds is 6. The van der Waals surface area contributed by atoms with E-state index in [1.807, 2.05) is 30.3 Å². The summed E-state index contributed by atoms with van der Waals surface area (Å²) in [6.07, 6.45) is 0. The van der Waals surface area contributed by atoms with Crippen LogP contribution in [-0.4, -0.2) is 30.1 Å². The molecule has 0 aliphatic heterocycles. The van der Waals surface area contributed by atoms with Gasteiger partial charge in [0.1, 0.15) is 0 Å². The number of esters is 1. The SMILES string of the molecule is CCOC(=O)[C@]1(c2ccccc2)C(=O)C(O)=C(OCC)[C@@H]1c1ccccc1. The van der Waals surface area contributed by atoms with Crippen molar-refractivity contribution in [3.63, 3.8) is 0 Å². The molecule has 0 aromatic heterocycles. The number of aliphatic hydroxyl groups excluding tert-OH is 1. The minimum atomic E-state index is -1.73. The number of carbonyl (C=O) groups excluding carboxylic acids is 2. The van der Waals surface area contributed by atoms with Gasteiger partial charge in [-0.3, -0.25) is 9.59 Å².